The van der Waals surface area contributed by atoms with E-state index in [1.165, 1.54) is 0 Å². The fraction of sp³-hybridized carbons (Fsp3) is 1.00. The molecule has 2 unspecified atom stereocenters. The van der Waals surface area contributed by atoms with Gasteiger partial charge in [0.1, 0.15) is 0 Å². The molecule has 0 aliphatic carbocycles. The van der Waals surface area contributed by atoms with Gasteiger partial charge in [0.15, 0.2) is 0 Å². The molecule has 12 heavy (non-hydrogen) atoms. The smallest absolute Gasteiger partial charge is 0 e. The van der Waals surface area contributed by atoms with Crippen LogP contribution in [0.1, 0.15) is 54.8 Å². The maximum absolute atomic E-state index is 0. The van der Waals surface area contributed by atoms with Gasteiger partial charge in [0, 0.05) is 11.3 Å². The molecular weight excluding hydrogens is 185 g/mol. The molecule has 0 bridgehead atoms. The number of rotatable bonds is 0. The van der Waals surface area contributed by atoms with E-state index < -0.39 is 0 Å². The van der Waals surface area contributed by atoms with Crippen LogP contribution in [-0.2, 0) is 0 Å². The molecule has 0 heterocycles. The molecule has 95 valence electrons. The van der Waals surface area contributed by atoms with Gasteiger partial charge in [0.2, 0.25) is 0 Å². The molecule has 0 aromatic rings. The standard InChI is InChI=1S/7CH4.B.2H3N.2H3P.2H2/h7*1H4;;4*1H3;2*1H. The first-order valence-corrected chi connectivity index (χ1v) is 0. The Labute approximate surface area is 96.0 Å². The maximum Gasteiger partial charge on any atom is 0 e. The van der Waals surface area contributed by atoms with Crippen LogP contribution < -0.4 is 12.3 Å². The summed E-state index contributed by atoms with van der Waals surface area (Å²) >= 11 is 0. The van der Waals surface area contributed by atoms with Crippen LogP contribution in [0.25, 0.3) is 0 Å². The molecule has 0 aromatic heterocycles. The van der Waals surface area contributed by atoms with E-state index in [1.807, 2.05) is 0 Å². The highest BCUT2D eigenvalue weighted by atomic mass is 31.0. The molecule has 0 aliphatic rings. The van der Waals surface area contributed by atoms with Gasteiger partial charge in [0.25, 0.3) is 0 Å². The summed E-state index contributed by atoms with van der Waals surface area (Å²) in [5.74, 6) is 0. The Morgan fingerprint density at radius 1 is 0.417 bits per heavy atom. The highest BCUT2D eigenvalue weighted by molar-refractivity contribution is 6.92. The highest BCUT2D eigenvalue weighted by Gasteiger charge is 0.000121. The van der Waals surface area contributed by atoms with Crippen molar-refractivity contribution in [2.45, 2.75) is 52.0 Å². The van der Waals surface area contributed by atoms with Crippen LogP contribution in [0.2, 0.25) is 0 Å². The second kappa shape index (κ2) is 1950. The average molecular weight is 229 g/mol. The first kappa shape index (κ1) is 2520. The van der Waals surface area contributed by atoms with Crippen molar-refractivity contribution >= 4 is 28.2 Å². The summed E-state index contributed by atoms with van der Waals surface area (Å²) in [5.41, 5.74) is 0. The van der Waals surface area contributed by atoms with Gasteiger partial charge in [-0.1, -0.05) is 52.0 Å². The van der Waals surface area contributed by atoms with E-state index in [2.05, 4.69) is 0 Å². The molecule has 0 saturated carbocycles. The zero-order chi connectivity index (χ0) is 0. The van der Waals surface area contributed by atoms with Gasteiger partial charge in [-0.2, -0.15) is 19.8 Å². The van der Waals surface area contributed by atoms with Crippen LogP contribution in [0, 0.1) is 0 Å². The molecule has 0 aromatic carbocycles. The van der Waals surface area contributed by atoms with Crippen LogP contribution >= 0.6 is 19.8 Å². The molecule has 0 spiro atoms. The van der Waals surface area contributed by atoms with E-state index in [-0.39, 0.29) is 95.4 Å². The Morgan fingerprint density at radius 2 is 0.417 bits per heavy atom. The summed E-state index contributed by atoms with van der Waals surface area (Å²) in [4.78, 5) is 0. The SMILES string of the molecule is C.C.C.C.C.C.C.N.N.P.P.[B].[HH].[HH]. The lowest BCUT2D eigenvalue weighted by atomic mass is 10.8. The summed E-state index contributed by atoms with van der Waals surface area (Å²) in [7, 11) is 0. The summed E-state index contributed by atoms with van der Waals surface area (Å²) in [5, 5.41) is 0. The van der Waals surface area contributed by atoms with E-state index in [9.17, 15) is 0 Å². The maximum atomic E-state index is 0. The Bertz CT molecular complexity index is 27.7. The first-order valence-electron chi connectivity index (χ1n) is 0. The Kier molecular flexibility index (Phi) is 410000. The summed E-state index contributed by atoms with van der Waals surface area (Å²) < 4.78 is 0. The van der Waals surface area contributed by atoms with Crippen LogP contribution in [0.15, 0.2) is 0 Å². The predicted molar refractivity (Wildman–Crippen MR) is 89.4 cm³/mol. The zero-order valence-electron chi connectivity index (χ0n) is 3.41. The van der Waals surface area contributed by atoms with Crippen molar-refractivity contribution in [2.24, 2.45) is 0 Å². The van der Waals surface area contributed by atoms with E-state index in [4.69, 9.17) is 0 Å². The number of hydrogen-bond donors (Lipinski definition) is 2. The van der Waals surface area contributed by atoms with E-state index in [0.717, 1.165) is 0 Å². The molecule has 0 saturated heterocycles. The molecule has 2 nitrogen and oxygen atoms in total. The van der Waals surface area contributed by atoms with Crippen LogP contribution in [0.3, 0.4) is 0 Å². The largest absolute Gasteiger partial charge is 0.344 e. The van der Waals surface area contributed by atoms with Gasteiger partial charge in [0.05, 0.1) is 0 Å². The van der Waals surface area contributed by atoms with Gasteiger partial charge in [-0.05, 0) is 0 Å². The molecule has 5 heteroatoms. The van der Waals surface area contributed by atoms with Crippen LogP contribution in [0.4, 0.5) is 0 Å². The van der Waals surface area contributed by atoms with Crippen molar-refractivity contribution in [1.82, 2.24) is 12.3 Å². The van der Waals surface area contributed by atoms with Gasteiger partial charge < -0.3 is 12.3 Å². The van der Waals surface area contributed by atoms with Gasteiger partial charge in [-0.25, -0.2) is 0 Å². The lowest BCUT2D eigenvalue weighted by molar-refractivity contribution is 2.13. The molecule has 0 aliphatic heterocycles. The van der Waals surface area contributed by atoms with Crippen LogP contribution in [0.5, 0.6) is 0 Å². The van der Waals surface area contributed by atoms with Crippen molar-refractivity contribution in [3.05, 3.63) is 0 Å². The zero-order valence-corrected chi connectivity index (χ0v) is 6.23. The normalized spacial score (nSPS) is 0. The minimum atomic E-state index is 0. The Morgan fingerprint density at radius 3 is 0.417 bits per heavy atom. The minimum absolute atomic E-state index is 0. The third kappa shape index (κ3) is 1470. The first-order chi connectivity index (χ1) is 0. The number of hydrogen-bond acceptors (Lipinski definition) is 2. The minimum Gasteiger partial charge on any atom is -0.344 e. The third-order valence-corrected chi connectivity index (χ3v) is 0. The van der Waals surface area contributed by atoms with Crippen molar-refractivity contribution < 1.29 is 2.85 Å². The fourth-order valence-corrected chi connectivity index (χ4v) is 0. The lowest BCUT2D eigenvalue weighted by Gasteiger charge is -0.345. The van der Waals surface area contributed by atoms with E-state index >= 15 is 0 Å². The van der Waals surface area contributed by atoms with E-state index in [1.54, 1.807) is 0 Å². The highest BCUT2D eigenvalue weighted by Crippen LogP contribution is 0.862. The average Bonchev–Trinajstić information content (AvgIpc) is 0. The fourth-order valence-electron chi connectivity index (χ4n) is 0. The summed E-state index contributed by atoms with van der Waals surface area (Å²) in [6.07, 6.45) is 0. The van der Waals surface area contributed by atoms with Gasteiger partial charge in [-0.15, -0.1) is 0 Å². The summed E-state index contributed by atoms with van der Waals surface area (Å²) in [6.45, 7) is 0. The lowest BCUT2D eigenvalue weighted by Crippen LogP contribution is -0.482. The molecule has 6 N–H and O–H groups in total. The van der Waals surface area contributed by atoms with Crippen LogP contribution in [-0.4, -0.2) is 8.41 Å². The third-order valence-electron chi connectivity index (χ3n) is 0. The van der Waals surface area contributed by atoms with E-state index in [0.29, 0.717) is 0 Å². The Balaban J connectivity index is 0. The summed E-state index contributed by atoms with van der Waals surface area (Å²) in [6, 6.07) is 0. The molecular formula is C7H44BN2P2. The molecule has 3 radical (unpaired) electrons. The van der Waals surface area contributed by atoms with Crippen molar-refractivity contribution in [3.63, 3.8) is 0 Å². The van der Waals surface area contributed by atoms with Crippen molar-refractivity contribution in [2.75, 3.05) is 0 Å². The predicted octanol–water partition coefficient (Wildman–Crippen LogP) is 5.00. The van der Waals surface area contributed by atoms with Gasteiger partial charge >= 0.3 is 0 Å². The van der Waals surface area contributed by atoms with Gasteiger partial charge in [-0.3, -0.25) is 0 Å². The molecule has 0 rings (SSSR count). The second-order valence-corrected chi connectivity index (χ2v) is 0. The quantitative estimate of drug-likeness (QED) is 0.453. The molecule has 0 amide bonds. The Hall–Kier alpha value is 0.845. The monoisotopic (exact) mass is 229 g/mol. The molecule has 0 fully saturated rings. The van der Waals surface area contributed by atoms with Crippen molar-refractivity contribution in [1.29, 1.82) is 0 Å². The topological polar surface area (TPSA) is 70.0 Å². The van der Waals surface area contributed by atoms with Crippen molar-refractivity contribution in [3.8, 4) is 0 Å². The second-order valence-electron chi connectivity index (χ2n) is 0. The molecule has 2 atom stereocenters.